The van der Waals surface area contributed by atoms with Crippen molar-refractivity contribution in [1.82, 2.24) is 20.3 Å². The molecule has 0 radical (unpaired) electrons. The van der Waals surface area contributed by atoms with Crippen molar-refractivity contribution >= 4 is 17.5 Å². The van der Waals surface area contributed by atoms with E-state index in [-0.39, 0.29) is 17.8 Å². The summed E-state index contributed by atoms with van der Waals surface area (Å²) >= 11 is 0. The summed E-state index contributed by atoms with van der Waals surface area (Å²) in [5, 5.41) is 0. The lowest BCUT2D eigenvalue weighted by Gasteiger charge is -2.38. The number of carbonyl (C=O) groups is 1. The molecule has 1 fully saturated rings. The van der Waals surface area contributed by atoms with Crippen molar-refractivity contribution in [3.05, 3.63) is 48.5 Å². The number of piperazine rings is 1. The van der Waals surface area contributed by atoms with E-state index < -0.39 is 0 Å². The van der Waals surface area contributed by atoms with Crippen molar-refractivity contribution in [3.63, 3.8) is 0 Å². The molecule has 1 aliphatic heterocycles. The Bertz CT molecular complexity index is 688. The zero-order chi connectivity index (χ0) is 17.6. The van der Waals surface area contributed by atoms with E-state index >= 15 is 0 Å². The van der Waals surface area contributed by atoms with Gasteiger partial charge in [-0.15, -0.1) is 0 Å². The molecule has 1 aliphatic rings. The third kappa shape index (κ3) is 4.42. The Labute approximate surface area is 145 Å². The number of benzene rings is 1. The van der Waals surface area contributed by atoms with Crippen molar-refractivity contribution in [2.24, 2.45) is 0 Å². The number of anilines is 2. The average Bonchev–Trinajstić information content (AvgIpc) is 2.67. The largest absolute Gasteiger partial charge is 0.369 e. The van der Waals surface area contributed by atoms with E-state index in [0.717, 1.165) is 31.9 Å². The third-order valence-electron chi connectivity index (χ3n) is 4.30. The van der Waals surface area contributed by atoms with Crippen molar-refractivity contribution in [1.29, 1.82) is 0 Å². The minimum atomic E-state index is -0.272. The molecule has 25 heavy (non-hydrogen) atoms. The fourth-order valence-corrected chi connectivity index (χ4v) is 2.77. The van der Waals surface area contributed by atoms with Crippen molar-refractivity contribution in [2.45, 2.75) is 13.0 Å². The van der Waals surface area contributed by atoms with E-state index in [9.17, 15) is 9.18 Å². The van der Waals surface area contributed by atoms with E-state index in [4.69, 9.17) is 0 Å². The topological polar surface area (TPSA) is 73.4 Å². The molecule has 0 bridgehead atoms. The maximum Gasteiger partial charge on any atom is 0.255 e. The quantitative estimate of drug-likeness (QED) is 0.796. The second-order valence-corrected chi connectivity index (χ2v) is 5.86. The Balaban J connectivity index is 1.48. The average molecular weight is 344 g/mol. The fraction of sp³-hybridized carbons (Fsp3) is 0.353. The van der Waals surface area contributed by atoms with Crippen LogP contribution >= 0.6 is 0 Å². The highest BCUT2D eigenvalue weighted by molar-refractivity contribution is 5.82. The van der Waals surface area contributed by atoms with Gasteiger partial charge in [-0.3, -0.25) is 20.5 Å². The molecule has 0 spiro atoms. The lowest BCUT2D eigenvalue weighted by molar-refractivity contribution is -0.125. The number of hydrogen-bond donors (Lipinski definition) is 2. The molecule has 1 saturated heterocycles. The van der Waals surface area contributed by atoms with Crippen LogP contribution in [0.2, 0.25) is 0 Å². The number of hydrazine groups is 1. The highest BCUT2D eigenvalue weighted by Crippen LogP contribution is 2.17. The molecular weight excluding hydrogens is 323 g/mol. The Hall–Kier alpha value is -2.74. The van der Waals surface area contributed by atoms with Gasteiger partial charge in [-0.05, 0) is 37.3 Å². The number of hydrogen-bond acceptors (Lipinski definition) is 6. The van der Waals surface area contributed by atoms with Crippen molar-refractivity contribution in [3.8, 4) is 0 Å². The number of nitrogens with one attached hydrogen (secondary N) is 2. The lowest BCUT2D eigenvalue weighted by atomic mass is 10.2. The number of carbonyl (C=O) groups excluding carboxylic acids is 1. The number of amides is 1. The third-order valence-corrected chi connectivity index (χ3v) is 4.30. The first-order chi connectivity index (χ1) is 12.1. The van der Waals surface area contributed by atoms with Crippen LogP contribution in [-0.2, 0) is 4.79 Å². The van der Waals surface area contributed by atoms with Crippen LogP contribution in [0.3, 0.4) is 0 Å². The Kier molecular flexibility index (Phi) is 5.39. The molecule has 2 heterocycles. The standard InChI is InChI=1S/C17H21FN6O/c1-13(16(25)21-22-17-19-7-2-8-20-17)23-9-11-24(12-10-23)15-5-3-14(18)4-6-15/h2-8,13H,9-12H2,1H3,(H,21,25)(H,19,20,22)/t13-/m1/s1. The number of nitrogens with zero attached hydrogens (tertiary/aromatic N) is 4. The van der Waals surface area contributed by atoms with Gasteiger partial charge >= 0.3 is 0 Å². The van der Waals surface area contributed by atoms with E-state index in [1.807, 2.05) is 6.92 Å². The molecule has 0 aliphatic carbocycles. The monoisotopic (exact) mass is 344 g/mol. The van der Waals surface area contributed by atoms with Crippen LogP contribution in [0.4, 0.5) is 16.0 Å². The molecule has 1 aromatic carbocycles. The predicted molar refractivity (Wildman–Crippen MR) is 93.4 cm³/mol. The smallest absolute Gasteiger partial charge is 0.255 e. The molecule has 1 atom stereocenters. The molecule has 132 valence electrons. The molecule has 2 N–H and O–H groups in total. The maximum absolute atomic E-state index is 13.0. The zero-order valence-corrected chi connectivity index (χ0v) is 14.0. The molecule has 8 heteroatoms. The van der Waals surface area contributed by atoms with E-state index in [2.05, 4.69) is 30.6 Å². The summed E-state index contributed by atoms with van der Waals surface area (Å²) in [5.41, 5.74) is 6.35. The molecule has 7 nitrogen and oxygen atoms in total. The Morgan fingerprint density at radius 2 is 1.76 bits per heavy atom. The normalized spacial score (nSPS) is 16.3. The number of aromatic nitrogens is 2. The summed E-state index contributed by atoms with van der Waals surface area (Å²) in [4.78, 5) is 24.6. The summed E-state index contributed by atoms with van der Waals surface area (Å²) in [7, 11) is 0. The minimum absolute atomic E-state index is 0.136. The molecule has 3 rings (SSSR count). The van der Waals surface area contributed by atoms with Crippen LogP contribution in [0.1, 0.15) is 6.92 Å². The fourth-order valence-electron chi connectivity index (χ4n) is 2.77. The number of rotatable bonds is 5. The van der Waals surface area contributed by atoms with Gasteiger partial charge in [0.25, 0.3) is 5.91 Å². The zero-order valence-electron chi connectivity index (χ0n) is 14.0. The van der Waals surface area contributed by atoms with Gasteiger partial charge in [-0.25, -0.2) is 14.4 Å². The van der Waals surface area contributed by atoms with Gasteiger partial charge < -0.3 is 4.90 Å². The van der Waals surface area contributed by atoms with Crippen LogP contribution < -0.4 is 15.8 Å². The summed E-state index contributed by atoms with van der Waals surface area (Å²) in [6.45, 7) is 4.97. The van der Waals surface area contributed by atoms with Crippen LogP contribution in [0.25, 0.3) is 0 Å². The van der Waals surface area contributed by atoms with Gasteiger partial charge in [0.1, 0.15) is 5.82 Å². The van der Waals surface area contributed by atoms with Crippen LogP contribution in [0.5, 0.6) is 0 Å². The van der Waals surface area contributed by atoms with Crippen LogP contribution in [0, 0.1) is 5.82 Å². The summed E-state index contributed by atoms with van der Waals surface area (Å²) in [6.07, 6.45) is 3.19. The van der Waals surface area contributed by atoms with E-state index in [1.54, 1.807) is 30.6 Å². The molecule has 1 aromatic heterocycles. The van der Waals surface area contributed by atoms with Gasteiger partial charge in [0.05, 0.1) is 6.04 Å². The predicted octanol–water partition coefficient (Wildman–Crippen LogP) is 1.27. The highest BCUT2D eigenvalue weighted by Gasteiger charge is 2.25. The second-order valence-electron chi connectivity index (χ2n) is 5.86. The SMILES string of the molecule is C[C@H](C(=O)NNc1ncccn1)N1CCN(c2ccc(F)cc2)CC1. The number of halogens is 1. The van der Waals surface area contributed by atoms with Gasteiger partial charge in [0, 0.05) is 44.3 Å². The molecule has 0 saturated carbocycles. The van der Waals surface area contributed by atoms with Gasteiger partial charge in [0.2, 0.25) is 5.95 Å². The second kappa shape index (κ2) is 7.89. The van der Waals surface area contributed by atoms with Gasteiger partial charge in [0.15, 0.2) is 0 Å². The van der Waals surface area contributed by atoms with Crippen molar-refractivity contribution in [2.75, 3.05) is 36.5 Å². The molecule has 1 amide bonds. The lowest BCUT2D eigenvalue weighted by Crippen LogP contribution is -2.54. The first-order valence-electron chi connectivity index (χ1n) is 8.21. The van der Waals surface area contributed by atoms with Gasteiger partial charge in [-0.1, -0.05) is 0 Å². The minimum Gasteiger partial charge on any atom is -0.369 e. The Morgan fingerprint density at radius 1 is 1.12 bits per heavy atom. The first kappa shape index (κ1) is 17.1. The van der Waals surface area contributed by atoms with Crippen LogP contribution in [0.15, 0.2) is 42.7 Å². The van der Waals surface area contributed by atoms with Crippen molar-refractivity contribution < 1.29 is 9.18 Å². The molecular formula is C17H21FN6O. The maximum atomic E-state index is 13.0. The van der Waals surface area contributed by atoms with E-state index in [1.165, 1.54) is 12.1 Å². The van der Waals surface area contributed by atoms with E-state index in [0.29, 0.717) is 5.95 Å². The van der Waals surface area contributed by atoms with Gasteiger partial charge in [-0.2, -0.15) is 0 Å². The summed E-state index contributed by atoms with van der Waals surface area (Å²) in [6, 6.07) is 7.93. The highest BCUT2D eigenvalue weighted by atomic mass is 19.1. The van der Waals surface area contributed by atoms with Crippen LogP contribution in [-0.4, -0.2) is 53.0 Å². The first-order valence-corrected chi connectivity index (χ1v) is 8.21. The summed E-state index contributed by atoms with van der Waals surface area (Å²) < 4.78 is 13.0. The summed E-state index contributed by atoms with van der Waals surface area (Å²) in [5.74, 6) is -0.0190. The Morgan fingerprint density at radius 3 is 2.40 bits per heavy atom. The molecule has 0 unspecified atom stereocenters. The molecule has 2 aromatic rings.